The number of hydrogen-bond acceptors (Lipinski definition) is 3. The number of hydrogen-bond donors (Lipinski definition) is 2. The molecule has 0 radical (unpaired) electrons. The van der Waals surface area contributed by atoms with Gasteiger partial charge < -0.3 is 15.2 Å². The van der Waals surface area contributed by atoms with Crippen molar-refractivity contribution in [3.63, 3.8) is 0 Å². The van der Waals surface area contributed by atoms with Gasteiger partial charge in [-0.2, -0.15) is 0 Å². The maximum absolute atomic E-state index is 11.0. The SMILES string of the molecule is CCCNC(CCOc1cccc(C)c1)C(=O)O. The molecule has 0 amide bonds. The molecular weight excluding hydrogens is 230 g/mol. The summed E-state index contributed by atoms with van der Waals surface area (Å²) in [6, 6.07) is 7.21. The van der Waals surface area contributed by atoms with Crippen molar-refractivity contribution in [1.82, 2.24) is 5.32 Å². The summed E-state index contributed by atoms with van der Waals surface area (Å²) in [5.41, 5.74) is 1.13. The molecule has 100 valence electrons. The first-order valence-corrected chi connectivity index (χ1v) is 6.29. The van der Waals surface area contributed by atoms with Crippen LogP contribution in [0.3, 0.4) is 0 Å². The molecule has 4 nitrogen and oxygen atoms in total. The lowest BCUT2D eigenvalue weighted by Crippen LogP contribution is -2.38. The van der Waals surface area contributed by atoms with Crippen molar-refractivity contribution < 1.29 is 14.6 Å². The van der Waals surface area contributed by atoms with Crippen LogP contribution in [0.4, 0.5) is 0 Å². The van der Waals surface area contributed by atoms with E-state index in [1.165, 1.54) is 0 Å². The molecule has 1 unspecified atom stereocenters. The molecule has 0 spiro atoms. The van der Waals surface area contributed by atoms with Crippen molar-refractivity contribution in [2.45, 2.75) is 32.7 Å². The fraction of sp³-hybridized carbons (Fsp3) is 0.500. The Morgan fingerprint density at radius 1 is 1.50 bits per heavy atom. The zero-order chi connectivity index (χ0) is 13.4. The predicted octanol–water partition coefficient (Wildman–Crippen LogP) is 2.22. The summed E-state index contributed by atoms with van der Waals surface area (Å²) in [4.78, 5) is 11.0. The van der Waals surface area contributed by atoms with Gasteiger partial charge in [-0.05, 0) is 37.6 Å². The number of aliphatic carboxylic acids is 1. The van der Waals surface area contributed by atoms with Gasteiger partial charge in [0.25, 0.3) is 0 Å². The number of carboxylic acid groups (broad SMARTS) is 1. The fourth-order valence-electron chi connectivity index (χ4n) is 1.63. The van der Waals surface area contributed by atoms with E-state index >= 15 is 0 Å². The number of nitrogens with one attached hydrogen (secondary N) is 1. The van der Waals surface area contributed by atoms with E-state index in [0.717, 1.165) is 17.7 Å². The van der Waals surface area contributed by atoms with Gasteiger partial charge in [0.15, 0.2) is 0 Å². The van der Waals surface area contributed by atoms with Gasteiger partial charge in [-0.1, -0.05) is 19.1 Å². The maximum atomic E-state index is 11.0. The minimum atomic E-state index is -0.823. The van der Waals surface area contributed by atoms with Crippen LogP contribution in [0.2, 0.25) is 0 Å². The molecule has 0 aliphatic carbocycles. The summed E-state index contributed by atoms with van der Waals surface area (Å²) >= 11 is 0. The Kier molecular flexibility index (Phi) is 6.22. The molecule has 0 aromatic heterocycles. The number of ether oxygens (including phenoxy) is 1. The Bertz CT molecular complexity index is 379. The third-order valence-corrected chi connectivity index (χ3v) is 2.60. The average Bonchev–Trinajstić information content (AvgIpc) is 2.33. The Labute approximate surface area is 108 Å². The number of aryl methyl sites for hydroxylation is 1. The van der Waals surface area contributed by atoms with Crippen molar-refractivity contribution in [1.29, 1.82) is 0 Å². The largest absolute Gasteiger partial charge is 0.494 e. The molecule has 0 saturated heterocycles. The van der Waals surface area contributed by atoms with Gasteiger partial charge in [0.05, 0.1) is 6.61 Å². The topological polar surface area (TPSA) is 58.6 Å². The smallest absolute Gasteiger partial charge is 0.320 e. The highest BCUT2D eigenvalue weighted by Gasteiger charge is 2.15. The van der Waals surface area contributed by atoms with E-state index in [9.17, 15) is 4.79 Å². The Morgan fingerprint density at radius 3 is 2.89 bits per heavy atom. The molecule has 0 heterocycles. The van der Waals surface area contributed by atoms with Crippen LogP contribution in [-0.4, -0.2) is 30.3 Å². The van der Waals surface area contributed by atoms with Crippen molar-refractivity contribution in [3.05, 3.63) is 29.8 Å². The van der Waals surface area contributed by atoms with E-state index < -0.39 is 12.0 Å². The molecular formula is C14H21NO3. The van der Waals surface area contributed by atoms with Crippen molar-refractivity contribution in [2.75, 3.05) is 13.2 Å². The average molecular weight is 251 g/mol. The highest BCUT2D eigenvalue weighted by molar-refractivity contribution is 5.73. The maximum Gasteiger partial charge on any atom is 0.320 e. The number of carbonyl (C=O) groups is 1. The first kappa shape index (κ1) is 14.5. The Morgan fingerprint density at radius 2 is 2.28 bits per heavy atom. The summed E-state index contributed by atoms with van der Waals surface area (Å²) < 4.78 is 5.54. The molecule has 0 bridgehead atoms. The van der Waals surface area contributed by atoms with Crippen molar-refractivity contribution >= 4 is 5.97 Å². The summed E-state index contributed by atoms with van der Waals surface area (Å²) in [5, 5.41) is 12.0. The molecule has 0 saturated carbocycles. The number of benzene rings is 1. The van der Waals surface area contributed by atoms with Crippen LogP contribution in [0.1, 0.15) is 25.3 Å². The van der Waals surface area contributed by atoms with Crippen LogP contribution in [0.15, 0.2) is 24.3 Å². The Balaban J connectivity index is 2.36. The molecule has 0 aliphatic heterocycles. The summed E-state index contributed by atoms with van der Waals surface area (Å²) in [6.07, 6.45) is 1.38. The third kappa shape index (κ3) is 5.19. The highest BCUT2D eigenvalue weighted by atomic mass is 16.5. The zero-order valence-electron chi connectivity index (χ0n) is 11.0. The van der Waals surface area contributed by atoms with Gasteiger partial charge in [0.2, 0.25) is 0 Å². The standard InChI is InChI=1S/C14H21NO3/c1-3-8-15-13(14(16)17)7-9-18-12-6-4-5-11(2)10-12/h4-6,10,13,15H,3,7-9H2,1-2H3,(H,16,17). The van der Waals surface area contributed by atoms with Crippen molar-refractivity contribution in [3.8, 4) is 5.75 Å². The highest BCUT2D eigenvalue weighted by Crippen LogP contribution is 2.12. The quantitative estimate of drug-likeness (QED) is 0.743. The fourth-order valence-corrected chi connectivity index (χ4v) is 1.63. The van der Waals surface area contributed by atoms with Gasteiger partial charge in [0, 0.05) is 6.42 Å². The first-order valence-electron chi connectivity index (χ1n) is 6.29. The zero-order valence-corrected chi connectivity index (χ0v) is 11.0. The van der Waals surface area contributed by atoms with Crippen LogP contribution < -0.4 is 10.1 Å². The lowest BCUT2D eigenvalue weighted by atomic mass is 10.2. The number of carboxylic acids is 1. The monoisotopic (exact) mass is 251 g/mol. The van der Waals surface area contributed by atoms with Crippen LogP contribution in [-0.2, 0) is 4.79 Å². The minimum Gasteiger partial charge on any atom is -0.494 e. The van der Waals surface area contributed by atoms with Crippen molar-refractivity contribution in [2.24, 2.45) is 0 Å². The molecule has 0 fully saturated rings. The second kappa shape index (κ2) is 7.71. The molecule has 18 heavy (non-hydrogen) atoms. The second-order valence-electron chi connectivity index (χ2n) is 4.30. The van der Waals surface area contributed by atoms with E-state index in [1.54, 1.807) is 0 Å². The summed E-state index contributed by atoms with van der Waals surface area (Å²) in [6.45, 7) is 5.11. The van der Waals surface area contributed by atoms with Crippen LogP contribution in [0.5, 0.6) is 5.75 Å². The van der Waals surface area contributed by atoms with Gasteiger partial charge in [0.1, 0.15) is 11.8 Å². The lowest BCUT2D eigenvalue weighted by Gasteiger charge is -2.14. The third-order valence-electron chi connectivity index (χ3n) is 2.60. The van der Waals surface area contributed by atoms with E-state index in [2.05, 4.69) is 5.32 Å². The van der Waals surface area contributed by atoms with Crippen LogP contribution in [0.25, 0.3) is 0 Å². The first-order chi connectivity index (χ1) is 8.63. The molecule has 0 aliphatic rings. The molecule has 1 aromatic carbocycles. The molecule has 4 heteroatoms. The summed E-state index contributed by atoms with van der Waals surface area (Å²) in [5.74, 6) is -0.0362. The second-order valence-corrected chi connectivity index (χ2v) is 4.30. The molecule has 2 N–H and O–H groups in total. The minimum absolute atomic E-state index is 0.400. The van der Waals surface area contributed by atoms with Gasteiger partial charge >= 0.3 is 5.97 Å². The van der Waals surface area contributed by atoms with E-state index in [4.69, 9.17) is 9.84 Å². The normalized spacial score (nSPS) is 12.1. The molecule has 1 atom stereocenters. The van der Waals surface area contributed by atoms with Gasteiger partial charge in [-0.3, -0.25) is 4.79 Å². The number of rotatable bonds is 8. The van der Waals surface area contributed by atoms with Gasteiger partial charge in [-0.25, -0.2) is 0 Å². The van der Waals surface area contributed by atoms with Crippen LogP contribution in [0, 0.1) is 6.92 Å². The molecule has 1 aromatic rings. The predicted molar refractivity (Wildman–Crippen MR) is 71.0 cm³/mol. The molecule has 1 rings (SSSR count). The van der Waals surface area contributed by atoms with E-state index in [1.807, 2.05) is 38.1 Å². The summed E-state index contributed by atoms with van der Waals surface area (Å²) in [7, 11) is 0. The van der Waals surface area contributed by atoms with Gasteiger partial charge in [-0.15, -0.1) is 0 Å². The Hall–Kier alpha value is -1.55. The van der Waals surface area contributed by atoms with Crippen LogP contribution >= 0.6 is 0 Å². The van der Waals surface area contributed by atoms with E-state index in [0.29, 0.717) is 19.6 Å². The van der Waals surface area contributed by atoms with E-state index in [-0.39, 0.29) is 0 Å². The lowest BCUT2D eigenvalue weighted by molar-refractivity contribution is -0.139.